The molecule has 0 radical (unpaired) electrons. The number of aliphatic hydroxyl groups excluding tert-OH is 3. The largest absolute Gasteiger partial charge is 0.394 e. The maximum absolute atomic E-state index is 12.2. The topological polar surface area (TPSA) is 86.7 Å². The van der Waals surface area contributed by atoms with Gasteiger partial charge in [-0.2, -0.15) is 0 Å². The third kappa shape index (κ3) is 6.33. The molecule has 4 nitrogen and oxygen atoms in total. The fourth-order valence-electron chi connectivity index (χ4n) is 0.842. The summed E-state index contributed by atoms with van der Waals surface area (Å²) < 4.78 is 24.4. The first-order valence-electron chi connectivity index (χ1n) is 4.91. The van der Waals surface area contributed by atoms with E-state index in [-0.39, 0.29) is 0 Å². The van der Waals surface area contributed by atoms with Gasteiger partial charge in [0.2, 0.25) is 0 Å². The lowest BCUT2D eigenvalue weighted by molar-refractivity contribution is 0.0698. The zero-order chi connectivity index (χ0) is 13.5. The Hall–Kier alpha value is -1.02. The lowest BCUT2D eigenvalue weighted by Gasteiger charge is -2.20. The van der Waals surface area contributed by atoms with E-state index in [1.165, 1.54) is 12.1 Å². The Kier molecular flexibility index (Phi) is 6.90. The Morgan fingerprint density at radius 1 is 1.00 bits per heavy atom. The van der Waals surface area contributed by atoms with Crippen molar-refractivity contribution in [3.05, 3.63) is 29.8 Å². The summed E-state index contributed by atoms with van der Waals surface area (Å²) in [6.45, 7) is -1.21. The van der Waals surface area contributed by atoms with Crippen molar-refractivity contribution < 1.29 is 24.1 Å². The van der Waals surface area contributed by atoms with E-state index in [0.29, 0.717) is 5.46 Å². The SMILES string of the molecule is Bc1cc(F)cc(F)c1.NC(CO)(CO)CO. The molecular weight excluding hydrogens is 231 g/mol. The molecule has 0 amide bonds. The fourth-order valence-corrected chi connectivity index (χ4v) is 0.842. The monoisotopic (exact) mass is 247 g/mol. The van der Waals surface area contributed by atoms with Gasteiger partial charge >= 0.3 is 0 Å². The van der Waals surface area contributed by atoms with Crippen molar-refractivity contribution in [1.82, 2.24) is 0 Å². The van der Waals surface area contributed by atoms with Crippen LogP contribution >= 0.6 is 0 Å². The maximum atomic E-state index is 12.2. The average Bonchev–Trinajstić information content (AvgIpc) is 2.27. The standard InChI is InChI=1S/C6H5BF2.C4H11NO3/c7-4-1-5(8)3-6(9)2-4;5-4(1-6,2-7)3-8/h1-3H,7H2;6-8H,1-3,5H2. The van der Waals surface area contributed by atoms with Crippen LogP contribution in [-0.4, -0.2) is 48.5 Å². The molecule has 7 heteroatoms. The van der Waals surface area contributed by atoms with E-state index in [4.69, 9.17) is 21.1 Å². The summed E-state index contributed by atoms with van der Waals surface area (Å²) in [5.74, 6) is -1.04. The molecule has 0 unspecified atom stereocenters. The van der Waals surface area contributed by atoms with E-state index in [0.717, 1.165) is 6.07 Å². The van der Waals surface area contributed by atoms with Crippen LogP contribution in [0.2, 0.25) is 0 Å². The number of aliphatic hydroxyl groups is 3. The quantitative estimate of drug-likeness (QED) is 0.460. The molecule has 0 bridgehead atoms. The number of nitrogens with two attached hydrogens (primary N) is 1. The number of hydrogen-bond donors (Lipinski definition) is 4. The zero-order valence-corrected chi connectivity index (χ0v) is 9.53. The van der Waals surface area contributed by atoms with E-state index >= 15 is 0 Å². The molecule has 5 N–H and O–H groups in total. The highest BCUT2D eigenvalue weighted by molar-refractivity contribution is 6.32. The van der Waals surface area contributed by atoms with Crippen molar-refractivity contribution in [2.75, 3.05) is 19.8 Å². The van der Waals surface area contributed by atoms with Crippen LogP contribution in [0.25, 0.3) is 0 Å². The van der Waals surface area contributed by atoms with Crippen LogP contribution in [0, 0.1) is 11.6 Å². The molecule has 96 valence electrons. The minimum Gasteiger partial charge on any atom is -0.394 e. The third-order valence-corrected chi connectivity index (χ3v) is 1.95. The molecule has 1 rings (SSSR count). The van der Waals surface area contributed by atoms with Crippen molar-refractivity contribution in [3.8, 4) is 0 Å². The molecule has 0 aliphatic heterocycles. The second-order valence-corrected chi connectivity index (χ2v) is 3.78. The van der Waals surface area contributed by atoms with Gasteiger partial charge in [0.1, 0.15) is 19.5 Å². The summed E-state index contributed by atoms with van der Waals surface area (Å²) in [5, 5.41) is 25.0. The Morgan fingerprint density at radius 2 is 1.35 bits per heavy atom. The van der Waals surface area contributed by atoms with Crippen LogP contribution in [0.5, 0.6) is 0 Å². The van der Waals surface area contributed by atoms with Gasteiger partial charge in [-0.1, -0.05) is 5.46 Å². The first kappa shape index (κ1) is 16.0. The lowest BCUT2D eigenvalue weighted by atomic mass is 9.96. The Bertz CT molecular complexity index is 290. The van der Waals surface area contributed by atoms with Crippen LogP contribution in [0.3, 0.4) is 0 Å². The Balaban J connectivity index is 0.000000304. The van der Waals surface area contributed by atoms with Gasteiger partial charge in [0.15, 0.2) is 0 Å². The highest BCUT2D eigenvalue weighted by Crippen LogP contribution is 1.97. The fraction of sp³-hybridized carbons (Fsp3) is 0.400. The minimum absolute atomic E-state index is 0.403. The number of halogens is 2. The molecule has 0 saturated heterocycles. The predicted molar refractivity (Wildman–Crippen MR) is 62.7 cm³/mol. The zero-order valence-electron chi connectivity index (χ0n) is 9.53. The highest BCUT2D eigenvalue weighted by Gasteiger charge is 2.20. The van der Waals surface area contributed by atoms with E-state index in [1.807, 2.05) is 0 Å². The van der Waals surface area contributed by atoms with Crippen molar-refractivity contribution in [3.63, 3.8) is 0 Å². The molecule has 0 heterocycles. The third-order valence-electron chi connectivity index (χ3n) is 1.95. The van der Waals surface area contributed by atoms with Gasteiger partial charge in [0.05, 0.1) is 25.4 Å². The molecule has 0 saturated carbocycles. The molecule has 0 spiro atoms. The van der Waals surface area contributed by atoms with E-state index < -0.39 is 37.0 Å². The predicted octanol–water partition coefficient (Wildman–Crippen LogP) is -2.12. The molecule has 1 aromatic rings. The van der Waals surface area contributed by atoms with E-state index in [9.17, 15) is 8.78 Å². The van der Waals surface area contributed by atoms with Crippen LogP contribution in [0.4, 0.5) is 8.78 Å². The van der Waals surface area contributed by atoms with Gasteiger partial charge in [0, 0.05) is 6.07 Å². The molecule has 1 aromatic carbocycles. The van der Waals surface area contributed by atoms with Crippen molar-refractivity contribution >= 4 is 13.3 Å². The van der Waals surface area contributed by atoms with Crippen LogP contribution in [-0.2, 0) is 0 Å². The summed E-state index contributed by atoms with van der Waals surface area (Å²) in [6, 6.07) is 3.42. The van der Waals surface area contributed by atoms with Gasteiger partial charge in [-0.05, 0) is 12.1 Å². The Labute approximate surface area is 99.1 Å². The molecule has 0 aliphatic rings. The number of benzene rings is 1. The van der Waals surface area contributed by atoms with Gasteiger partial charge in [0.25, 0.3) is 0 Å². The summed E-state index contributed by atoms with van der Waals surface area (Å²) in [6.07, 6.45) is 0. The summed E-state index contributed by atoms with van der Waals surface area (Å²) in [7, 11) is 1.64. The van der Waals surface area contributed by atoms with Gasteiger partial charge in [-0.15, -0.1) is 0 Å². The first-order valence-corrected chi connectivity index (χ1v) is 4.91. The van der Waals surface area contributed by atoms with Gasteiger partial charge < -0.3 is 21.1 Å². The second-order valence-electron chi connectivity index (χ2n) is 3.78. The van der Waals surface area contributed by atoms with E-state index in [1.54, 1.807) is 7.85 Å². The van der Waals surface area contributed by atoms with Gasteiger partial charge in [-0.25, -0.2) is 8.78 Å². The number of rotatable bonds is 3. The number of hydrogen-bond acceptors (Lipinski definition) is 4. The first-order chi connectivity index (χ1) is 7.86. The summed E-state index contributed by atoms with van der Waals surface area (Å²) >= 11 is 0. The molecular formula is C10H16BF2NO3. The molecule has 0 aliphatic carbocycles. The molecule has 0 atom stereocenters. The molecule has 0 aromatic heterocycles. The van der Waals surface area contributed by atoms with Crippen LogP contribution in [0.15, 0.2) is 18.2 Å². The highest BCUT2D eigenvalue weighted by atomic mass is 19.1. The smallest absolute Gasteiger partial charge is 0.139 e. The second kappa shape index (κ2) is 7.34. The van der Waals surface area contributed by atoms with Crippen LogP contribution in [0.1, 0.15) is 0 Å². The Morgan fingerprint density at radius 3 is 1.53 bits per heavy atom. The molecule has 0 fully saturated rings. The van der Waals surface area contributed by atoms with Crippen LogP contribution < -0.4 is 11.2 Å². The van der Waals surface area contributed by atoms with Crippen molar-refractivity contribution in [2.24, 2.45) is 5.73 Å². The summed E-state index contributed by atoms with van der Waals surface area (Å²) in [4.78, 5) is 0. The van der Waals surface area contributed by atoms with Crippen molar-refractivity contribution in [2.45, 2.75) is 5.54 Å². The lowest BCUT2D eigenvalue weighted by Crippen LogP contribution is -2.50. The normalized spacial score (nSPS) is 10.7. The van der Waals surface area contributed by atoms with Crippen molar-refractivity contribution in [1.29, 1.82) is 0 Å². The minimum atomic E-state index is -1.21. The summed E-state index contributed by atoms with van der Waals surface area (Å²) in [5.41, 5.74) is 4.54. The van der Waals surface area contributed by atoms with Gasteiger partial charge in [-0.3, -0.25) is 0 Å². The van der Waals surface area contributed by atoms with E-state index in [2.05, 4.69) is 0 Å². The molecule has 17 heavy (non-hydrogen) atoms. The average molecular weight is 247 g/mol. The maximum Gasteiger partial charge on any atom is 0.139 e.